The van der Waals surface area contributed by atoms with E-state index in [2.05, 4.69) is 10.5 Å². The predicted molar refractivity (Wildman–Crippen MR) is 82.6 cm³/mol. The third-order valence-corrected chi connectivity index (χ3v) is 3.77. The third-order valence-electron chi connectivity index (χ3n) is 3.77. The van der Waals surface area contributed by atoms with Crippen LogP contribution in [0.5, 0.6) is 5.75 Å². The standard InChI is InChI=1S/C17H18N2O3/c1-11-15(12(2)22-19-11)7-8-18-17(20)14-9-13-5-3-4-6-16(13)21-10-14/h3-6,9H,7-8,10H2,1-2H3,(H,18,20). The molecule has 1 N–H and O–H groups in total. The molecule has 114 valence electrons. The Labute approximate surface area is 129 Å². The molecule has 0 bridgehead atoms. The van der Waals surface area contributed by atoms with Gasteiger partial charge in [0.25, 0.3) is 5.91 Å². The second-order valence-electron chi connectivity index (χ2n) is 5.30. The number of rotatable bonds is 4. The van der Waals surface area contributed by atoms with E-state index in [0.717, 1.165) is 28.3 Å². The molecule has 2 aromatic rings. The Morgan fingerprint density at radius 1 is 1.32 bits per heavy atom. The molecule has 1 aromatic carbocycles. The molecule has 1 aliphatic rings. The van der Waals surface area contributed by atoms with Crippen LogP contribution in [-0.2, 0) is 11.2 Å². The van der Waals surface area contributed by atoms with E-state index in [1.807, 2.05) is 44.2 Å². The van der Waals surface area contributed by atoms with Crippen molar-refractivity contribution in [2.45, 2.75) is 20.3 Å². The van der Waals surface area contributed by atoms with Crippen molar-refractivity contribution in [1.29, 1.82) is 0 Å². The fourth-order valence-electron chi connectivity index (χ4n) is 2.52. The number of hydrogen-bond donors (Lipinski definition) is 1. The molecule has 0 spiro atoms. The fourth-order valence-corrected chi connectivity index (χ4v) is 2.52. The Morgan fingerprint density at radius 3 is 2.91 bits per heavy atom. The molecule has 5 nitrogen and oxygen atoms in total. The first-order valence-corrected chi connectivity index (χ1v) is 7.27. The molecule has 5 heteroatoms. The van der Waals surface area contributed by atoms with E-state index in [9.17, 15) is 4.79 Å². The zero-order valence-corrected chi connectivity index (χ0v) is 12.7. The summed E-state index contributed by atoms with van der Waals surface area (Å²) >= 11 is 0. The largest absolute Gasteiger partial charge is 0.488 e. The highest BCUT2D eigenvalue weighted by atomic mass is 16.5. The number of fused-ring (bicyclic) bond motifs is 1. The molecule has 2 heterocycles. The van der Waals surface area contributed by atoms with E-state index < -0.39 is 0 Å². The molecule has 1 aliphatic heterocycles. The maximum Gasteiger partial charge on any atom is 0.250 e. The first kappa shape index (κ1) is 14.4. The summed E-state index contributed by atoms with van der Waals surface area (Å²) in [5.41, 5.74) is 3.50. The van der Waals surface area contributed by atoms with Crippen LogP contribution in [0.3, 0.4) is 0 Å². The maximum absolute atomic E-state index is 12.2. The number of ether oxygens (including phenoxy) is 1. The highest BCUT2D eigenvalue weighted by Crippen LogP contribution is 2.25. The summed E-state index contributed by atoms with van der Waals surface area (Å²) in [6, 6.07) is 7.68. The topological polar surface area (TPSA) is 64.4 Å². The predicted octanol–water partition coefficient (Wildman–Crippen LogP) is 2.43. The minimum atomic E-state index is -0.0961. The van der Waals surface area contributed by atoms with Gasteiger partial charge in [-0.25, -0.2) is 0 Å². The van der Waals surface area contributed by atoms with Crippen LogP contribution in [-0.4, -0.2) is 24.2 Å². The van der Waals surface area contributed by atoms with Gasteiger partial charge in [-0.2, -0.15) is 0 Å². The smallest absolute Gasteiger partial charge is 0.250 e. The zero-order valence-electron chi connectivity index (χ0n) is 12.7. The van der Waals surface area contributed by atoms with Gasteiger partial charge in [0.1, 0.15) is 18.1 Å². The van der Waals surface area contributed by atoms with Gasteiger partial charge < -0.3 is 14.6 Å². The molecule has 3 rings (SSSR count). The molecular weight excluding hydrogens is 280 g/mol. The van der Waals surface area contributed by atoms with E-state index in [4.69, 9.17) is 9.26 Å². The monoisotopic (exact) mass is 298 g/mol. The summed E-state index contributed by atoms with van der Waals surface area (Å²) in [6.07, 6.45) is 2.59. The van der Waals surface area contributed by atoms with Crippen molar-refractivity contribution in [2.75, 3.05) is 13.2 Å². The van der Waals surface area contributed by atoms with Crippen LogP contribution in [0.1, 0.15) is 22.6 Å². The Bertz CT molecular complexity index is 712. The van der Waals surface area contributed by atoms with E-state index in [1.165, 1.54) is 0 Å². The number of nitrogens with zero attached hydrogens (tertiary/aromatic N) is 1. The minimum absolute atomic E-state index is 0.0961. The average Bonchev–Trinajstić information content (AvgIpc) is 2.86. The Morgan fingerprint density at radius 2 is 2.14 bits per heavy atom. The summed E-state index contributed by atoms with van der Waals surface area (Å²) < 4.78 is 10.7. The fraction of sp³-hybridized carbons (Fsp3) is 0.294. The molecule has 22 heavy (non-hydrogen) atoms. The molecule has 1 amide bonds. The zero-order chi connectivity index (χ0) is 15.5. The van der Waals surface area contributed by atoms with Crippen LogP contribution >= 0.6 is 0 Å². The first-order valence-electron chi connectivity index (χ1n) is 7.27. The molecule has 0 radical (unpaired) electrons. The number of carbonyl (C=O) groups is 1. The number of aromatic nitrogens is 1. The van der Waals surface area contributed by atoms with E-state index in [1.54, 1.807) is 0 Å². The summed E-state index contributed by atoms with van der Waals surface area (Å²) in [6.45, 7) is 4.63. The lowest BCUT2D eigenvalue weighted by Gasteiger charge is -2.17. The first-order chi connectivity index (χ1) is 10.6. The van der Waals surface area contributed by atoms with Crippen molar-refractivity contribution in [3.63, 3.8) is 0 Å². The molecule has 0 saturated carbocycles. The van der Waals surface area contributed by atoms with Crippen LogP contribution in [0.4, 0.5) is 0 Å². The third kappa shape index (κ3) is 2.88. The number of benzene rings is 1. The van der Waals surface area contributed by atoms with Crippen molar-refractivity contribution >= 4 is 12.0 Å². The molecule has 0 unspecified atom stereocenters. The minimum Gasteiger partial charge on any atom is -0.488 e. The molecule has 0 fully saturated rings. The van der Waals surface area contributed by atoms with Crippen molar-refractivity contribution in [3.8, 4) is 5.75 Å². The van der Waals surface area contributed by atoms with E-state index >= 15 is 0 Å². The normalized spacial score (nSPS) is 13.1. The lowest BCUT2D eigenvalue weighted by Crippen LogP contribution is -2.30. The molecule has 0 atom stereocenters. The Balaban J connectivity index is 1.60. The van der Waals surface area contributed by atoms with Crippen LogP contribution in [0.2, 0.25) is 0 Å². The average molecular weight is 298 g/mol. The lowest BCUT2D eigenvalue weighted by atomic mass is 10.1. The van der Waals surface area contributed by atoms with Gasteiger partial charge in [0, 0.05) is 17.7 Å². The summed E-state index contributed by atoms with van der Waals surface area (Å²) in [4.78, 5) is 12.2. The van der Waals surface area contributed by atoms with Gasteiger partial charge in [-0.1, -0.05) is 23.4 Å². The van der Waals surface area contributed by atoms with Crippen LogP contribution in [0, 0.1) is 13.8 Å². The van der Waals surface area contributed by atoms with Gasteiger partial charge in [0.05, 0.1) is 11.3 Å². The van der Waals surface area contributed by atoms with E-state index in [-0.39, 0.29) is 5.91 Å². The van der Waals surface area contributed by atoms with Gasteiger partial charge in [-0.15, -0.1) is 0 Å². The molecule has 0 aliphatic carbocycles. The number of nitrogens with one attached hydrogen (secondary N) is 1. The molecule has 0 saturated heterocycles. The van der Waals surface area contributed by atoms with Crippen molar-refractivity contribution < 1.29 is 14.1 Å². The summed E-state index contributed by atoms with van der Waals surface area (Å²) in [5, 5.41) is 6.83. The maximum atomic E-state index is 12.2. The summed E-state index contributed by atoms with van der Waals surface area (Å²) in [7, 11) is 0. The Kier molecular flexibility index (Phi) is 3.96. The quantitative estimate of drug-likeness (QED) is 0.941. The number of aryl methyl sites for hydroxylation is 2. The molecular formula is C17H18N2O3. The van der Waals surface area contributed by atoms with Gasteiger partial charge in [-0.05, 0) is 32.4 Å². The number of para-hydroxylation sites is 1. The molecule has 1 aromatic heterocycles. The van der Waals surface area contributed by atoms with Gasteiger partial charge >= 0.3 is 0 Å². The second-order valence-corrected chi connectivity index (χ2v) is 5.30. The number of amides is 1. The summed E-state index contributed by atoms with van der Waals surface area (Å²) in [5.74, 6) is 1.52. The van der Waals surface area contributed by atoms with Crippen molar-refractivity contribution in [1.82, 2.24) is 10.5 Å². The highest BCUT2D eigenvalue weighted by molar-refractivity contribution is 5.99. The van der Waals surface area contributed by atoms with Gasteiger partial charge in [0.2, 0.25) is 0 Å². The van der Waals surface area contributed by atoms with Crippen molar-refractivity contribution in [3.05, 3.63) is 52.4 Å². The number of hydrogen-bond acceptors (Lipinski definition) is 4. The Hall–Kier alpha value is -2.56. The van der Waals surface area contributed by atoms with Crippen molar-refractivity contribution in [2.24, 2.45) is 0 Å². The highest BCUT2D eigenvalue weighted by Gasteiger charge is 2.17. The SMILES string of the molecule is Cc1noc(C)c1CCNC(=O)C1=Cc2ccccc2OC1. The van der Waals surface area contributed by atoms with Crippen LogP contribution in [0.25, 0.3) is 6.08 Å². The lowest BCUT2D eigenvalue weighted by molar-refractivity contribution is -0.117. The van der Waals surface area contributed by atoms with Gasteiger partial charge in [-0.3, -0.25) is 4.79 Å². The second kappa shape index (κ2) is 6.05. The van der Waals surface area contributed by atoms with Crippen LogP contribution < -0.4 is 10.1 Å². The van der Waals surface area contributed by atoms with Gasteiger partial charge in [0.15, 0.2) is 0 Å². The van der Waals surface area contributed by atoms with Crippen LogP contribution in [0.15, 0.2) is 34.4 Å². The number of carbonyl (C=O) groups excluding carboxylic acids is 1. The van der Waals surface area contributed by atoms with E-state index in [0.29, 0.717) is 25.1 Å².